The molecule has 2 aromatic rings. The average Bonchev–Trinajstić information content (AvgIpc) is 3.11. The van der Waals surface area contributed by atoms with E-state index in [0.717, 1.165) is 35.6 Å². The molecule has 1 amide bonds. The summed E-state index contributed by atoms with van der Waals surface area (Å²) in [6.07, 6.45) is 3.27. The number of aromatic nitrogens is 1. The van der Waals surface area contributed by atoms with Crippen LogP contribution in [0.5, 0.6) is 0 Å². The molecular formula is C14H16N2O2S2. The zero-order valence-electron chi connectivity index (χ0n) is 10.9. The molecule has 1 saturated carbocycles. The number of carbonyl (C=O) groups is 1. The van der Waals surface area contributed by atoms with E-state index in [1.807, 2.05) is 17.5 Å². The molecule has 0 spiro atoms. The molecule has 2 N–H and O–H groups in total. The van der Waals surface area contributed by atoms with E-state index in [4.69, 9.17) is 0 Å². The highest BCUT2D eigenvalue weighted by Gasteiger charge is 2.25. The maximum Gasteiger partial charge on any atom is 0.271 e. The van der Waals surface area contributed by atoms with Gasteiger partial charge in [0.1, 0.15) is 10.7 Å². The average molecular weight is 308 g/mol. The van der Waals surface area contributed by atoms with Crippen LogP contribution < -0.4 is 5.32 Å². The minimum atomic E-state index is -0.428. The van der Waals surface area contributed by atoms with Gasteiger partial charge in [-0.2, -0.15) is 0 Å². The van der Waals surface area contributed by atoms with Gasteiger partial charge >= 0.3 is 0 Å². The van der Waals surface area contributed by atoms with Gasteiger partial charge in [0.05, 0.1) is 17.0 Å². The van der Waals surface area contributed by atoms with Gasteiger partial charge in [-0.25, -0.2) is 4.98 Å². The Balaban J connectivity index is 1.68. The molecule has 2 aromatic heterocycles. The lowest BCUT2D eigenvalue weighted by Gasteiger charge is -2.27. The molecule has 0 aliphatic heterocycles. The normalized spacial score (nSPS) is 22.6. The van der Waals surface area contributed by atoms with E-state index >= 15 is 0 Å². The predicted octanol–water partition coefficient (Wildman–Crippen LogP) is 2.90. The first-order valence-electron chi connectivity index (χ1n) is 6.72. The van der Waals surface area contributed by atoms with Gasteiger partial charge in [0.15, 0.2) is 0 Å². The molecule has 0 saturated heterocycles. The first kappa shape index (κ1) is 13.7. The summed E-state index contributed by atoms with van der Waals surface area (Å²) in [5.41, 5.74) is 0.441. The molecular weight excluding hydrogens is 292 g/mol. The van der Waals surface area contributed by atoms with E-state index < -0.39 is 6.10 Å². The fourth-order valence-corrected chi connectivity index (χ4v) is 4.03. The fraction of sp³-hybridized carbons (Fsp3) is 0.429. The summed E-state index contributed by atoms with van der Waals surface area (Å²) in [4.78, 5) is 17.6. The van der Waals surface area contributed by atoms with Gasteiger partial charge in [0.2, 0.25) is 0 Å². The van der Waals surface area contributed by atoms with Crippen molar-refractivity contribution in [3.63, 3.8) is 0 Å². The molecule has 3 rings (SSSR count). The first-order chi connectivity index (χ1) is 9.74. The number of carbonyl (C=O) groups excluding carboxylic acids is 1. The number of thiazole rings is 1. The number of nitrogens with zero attached hydrogens (tertiary/aromatic N) is 1. The smallest absolute Gasteiger partial charge is 0.271 e. The van der Waals surface area contributed by atoms with Crippen molar-refractivity contribution in [1.29, 1.82) is 0 Å². The Bertz CT molecular complexity index is 580. The van der Waals surface area contributed by atoms with E-state index in [0.29, 0.717) is 5.69 Å². The standard InChI is InChI=1S/C14H16N2O2S2/c17-11-5-2-1-4-9(11)15-13(18)10-8-20-14(16-10)12-6-3-7-19-12/h3,6-9,11,17H,1-2,4-5H2,(H,15,18)/t9-,11-/m1/s1. The van der Waals surface area contributed by atoms with Crippen molar-refractivity contribution in [1.82, 2.24) is 10.3 Å². The Morgan fingerprint density at radius 1 is 1.35 bits per heavy atom. The summed E-state index contributed by atoms with van der Waals surface area (Å²) in [6, 6.07) is 3.83. The molecule has 1 aliphatic rings. The Hall–Kier alpha value is -1.24. The summed E-state index contributed by atoms with van der Waals surface area (Å²) in [5, 5.41) is 17.4. The zero-order chi connectivity index (χ0) is 13.9. The lowest BCUT2D eigenvalue weighted by atomic mass is 9.92. The minimum Gasteiger partial charge on any atom is -0.391 e. The third kappa shape index (κ3) is 2.92. The van der Waals surface area contributed by atoms with E-state index in [1.165, 1.54) is 11.3 Å². The monoisotopic (exact) mass is 308 g/mol. The molecule has 0 unspecified atom stereocenters. The first-order valence-corrected chi connectivity index (χ1v) is 8.48. The van der Waals surface area contributed by atoms with Crippen LogP contribution in [0, 0.1) is 0 Å². The van der Waals surface area contributed by atoms with Gasteiger partial charge in [-0.05, 0) is 24.3 Å². The largest absolute Gasteiger partial charge is 0.391 e. The van der Waals surface area contributed by atoms with Crippen molar-refractivity contribution in [2.75, 3.05) is 0 Å². The van der Waals surface area contributed by atoms with Gasteiger partial charge in [-0.15, -0.1) is 22.7 Å². The molecule has 2 atom stereocenters. The quantitative estimate of drug-likeness (QED) is 0.916. The van der Waals surface area contributed by atoms with Crippen LogP contribution in [0.1, 0.15) is 36.2 Å². The molecule has 106 valence electrons. The third-order valence-electron chi connectivity index (χ3n) is 3.51. The van der Waals surface area contributed by atoms with Gasteiger partial charge in [-0.1, -0.05) is 18.9 Å². The zero-order valence-corrected chi connectivity index (χ0v) is 12.5. The summed E-state index contributed by atoms with van der Waals surface area (Å²) < 4.78 is 0. The fourth-order valence-electron chi connectivity index (χ4n) is 2.41. The third-order valence-corrected chi connectivity index (χ3v) is 5.40. The lowest BCUT2D eigenvalue weighted by Crippen LogP contribution is -2.45. The molecule has 0 bridgehead atoms. The number of hydrogen-bond donors (Lipinski definition) is 2. The molecule has 1 fully saturated rings. The van der Waals surface area contributed by atoms with Crippen molar-refractivity contribution < 1.29 is 9.90 Å². The number of nitrogens with one attached hydrogen (secondary N) is 1. The van der Waals surface area contributed by atoms with E-state index in [2.05, 4.69) is 10.3 Å². The van der Waals surface area contributed by atoms with Crippen LogP contribution >= 0.6 is 22.7 Å². The van der Waals surface area contributed by atoms with Crippen LogP contribution in [0.4, 0.5) is 0 Å². The Morgan fingerprint density at radius 3 is 2.95 bits per heavy atom. The summed E-state index contributed by atoms with van der Waals surface area (Å²) in [7, 11) is 0. The number of rotatable bonds is 3. The molecule has 0 radical (unpaired) electrons. The van der Waals surface area contributed by atoms with Crippen LogP contribution in [0.25, 0.3) is 9.88 Å². The maximum atomic E-state index is 12.2. The van der Waals surface area contributed by atoms with Crippen molar-refractivity contribution in [3.8, 4) is 9.88 Å². The Labute approximate surface area is 125 Å². The predicted molar refractivity (Wildman–Crippen MR) is 81.2 cm³/mol. The highest BCUT2D eigenvalue weighted by Crippen LogP contribution is 2.28. The van der Waals surface area contributed by atoms with E-state index in [-0.39, 0.29) is 11.9 Å². The highest BCUT2D eigenvalue weighted by atomic mass is 32.1. The minimum absolute atomic E-state index is 0.136. The van der Waals surface area contributed by atoms with Crippen molar-refractivity contribution >= 4 is 28.6 Å². The van der Waals surface area contributed by atoms with Crippen molar-refractivity contribution in [2.45, 2.75) is 37.8 Å². The van der Waals surface area contributed by atoms with E-state index in [9.17, 15) is 9.90 Å². The van der Waals surface area contributed by atoms with Crippen LogP contribution in [-0.4, -0.2) is 28.1 Å². The number of hydrogen-bond acceptors (Lipinski definition) is 5. The second kappa shape index (κ2) is 6.03. The van der Waals surface area contributed by atoms with Gasteiger partial charge in [-0.3, -0.25) is 4.79 Å². The van der Waals surface area contributed by atoms with Crippen LogP contribution in [0.15, 0.2) is 22.9 Å². The van der Waals surface area contributed by atoms with Gasteiger partial charge < -0.3 is 10.4 Å². The number of amides is 1. The van der Waals surface area contributed by atoms with E-state index in [1.54, 1.807) is 16.7 Å². The Kier molecular flexibility index (Phi) is 4.14. The van der Waals surface area contributed by atoms with Crippen molar-refractivity contribution in [3.05, 3.63) is 28.6 Å². The molecule has 0 aromatic carbocycles. The Morgan fingerprint density at radius 2 is 2.20 bits per heavy atom. The second-order valence-electron chi connectivity index (χ2n) is 4.95. The number of aliphatic hydroxyl groups excluding tert-OH is 1. The van der Waals surface area contributed by atoms with Crippen LogP contribution in [0.2, 0.25) is 0 Å². The summed E-state index contributed by atoms with van der Waals surface area (Å²) >= 11 is 3.09. The van der Waals surface area contributed by atoms with Crippen LogP contribution in [-0.2, 0) is 0 Å². The lowest BCUT2D eigenvalue weighted by molar-refractivity contribution is 0.0714. The topological polar surface area (TPSA) is 62.2 Å². The van der Waals surface area contributed by atoms with Crippen molar-refractivity contribution in [2.24, 2.45) is 0 Å². The van der Waals surface area contributed by atoms with Gasteiger partial charge in [0.25, 0.3) is 5.91 Å². The number of thiophene rings is 1. The second-order valence-corrected chi connectivity index (χ2v) is 6.75. The summed E-state index contributed by atoms with van der Waals surface area (Å²) in [5.74, 6) is -0.185. The molecule has 1 aliphatic carbocycles. The molecule has 20 heavy (non-hydrogen) atoms. The maximum absolute atomic E-state index is 12.2. The molecule has 2 heterocycles. The van der Waals surface area contributed by atoms with Gasteiger partial charge in [0, 0.05) is 5.38 Å². The summed E-state index contributed by atoms with van der Waals surface area (Å²) in [6.45, 7) is 0. The SMILES string of the molecule is O=C(N[C@@H]1CCCC[C@H]1O)c1csc(-c2cccs2)n1. The molecule has 6 heteroatoms. The number of aliphatic hydroxyl groups is 1. The highest BCUT2D eigenvalue weighted by molar-refractivity contribution is 7.20. The molecule has 4 nitrogen and oxygen atoms in total. The van der Waals surface area contributed by atoms with Crippen LogP contribution in [0.3, 0.4) is 0 Å².